The zero-order valence-electron chi connectivity index (χ0n) is 22.0. The summed E-state index contributed by atoms with van der Waals surface area (Å²) in [4.78, 5) is 19.7. The van der Waals surface area contributed by atoms with Crippen LogP contribution in [0.3, 0.4) is 0 Å². The average Bonchev–Trinajstić information content (AvgIpc) is 3.86. The van der Waals surface area contributed by atoms with Crippen LogP contribution in [0.25, 0.3) is 11.3 Å². The molecule has 2 aromatic rings. The van der Waals surface area contributed by atoms with Gasteiger partial charge in [0.2, 0.25) is 11.8 Å². The normalized spacial score (nSPS) is 26.5. The molecule has 1 aromatic carbocycles. The number of alkyl halides is 3. The van der Waals surface area contributed by atoms with Crippen molar-refractivity contribution in [3.63, 3.8) is 0 Å². The van der Waals surface area contributed by atoms with E-state index in [1.54, 1.807) is 12.1 Å². The van der Waals surface area contributed by atoms with E-state index in [2.05, 4.69) is 16.4 Å². The zero-order chi connectivity index (χ0) is 28.3. The van der Waals surface area contributed by atoms with Crippen molar-refractivity contribution in [1.29, 1.82) is 5.26 Å². The molecule has 2 atom stereocenters. The number of oxazole rings is 1. The molecule has 0 unspecified atom stereocenters. The number of halogens is 3. The largest absolute Gasteiger partial charge is 0.444 e. The van der Waals surface area contributed by atoms with E-state index in [0.717, 1.165) is 18.5 Å². The highest BCUT2D eigenvalue weighted by atomic mass is 32.2. The van der Waals surface area contributed by atoms with Gasteiger partial charge in [-0.25, -0.2) is 13.4 Å². The van der Waals surface area contributed by atoms with Crippen LogP contribution in [0.1, 0.15) is 68.9 Å². The topological polar surface area (TPSA) is 116 Å². The van der Waals surface area contributed by atoms with Gasteiger partial charge in [-0.05, 0) is 50.7 Å². The Morgan fingerprint density at radius 2 is 1.73 bits per heavy atom. The van der Waals surface area contributed by atoms with Gasteiger partial charge in [0.05, 0.1) is 17.6 Å². The van der Waals surface area contributed by atoms with E-state index in [1.165, 1.54) is 0 Å². The molecule has 0 radical (unpaired) electrons. The van der Waals surface area contributed by atoms with Crippen molar-refractivity contribution in [2.45, 2.75) is 74.4 Å². The second kappa shape index (κ2) is 9.50. The number of nitriles is 1. The summed E-state index contributed by atoms with van der Waals surface area (Å²) >= 11 is 0. The summed E-state index contributed by atoms with van der Waals surface area (Å²) in [7, 11) is -3.04. The summed E-state index contributed by atoms with van der Waals surface area (Å²) in [5.41, 5.74) is -1.24. The summed E-state index contributed by atoms with van der Waals surface area (Å²) in [6.45, 7) is 0.746. The third-order valence-electron chi connectivity index (χ3n) is 8.97. The molecule has 2 heterocycles. The molecule has 1 saturated heterocycles. The van der Waals surface area contributed by atoms with Gasteiger partial charge in [-0.3, -0.25) is 4.79 Å². The van der Waals surface area contributed by atoms with Gasteiger partial charge in [0, 0.05) is 36.2 Å². The maximum Gasteiger partial charge on any atom is 0.403 e. The number of nitrogens with one attached hydrogen (secondary N) is 1. The molecule has 1 aromatic heterocycles. The lowest BCUT2D eigenvalue weighted by Gasteiger charge is -2.30. The second-order valence-corrected chi connectivity index (χ2v) is 14.0. The van der Waals surface area contributed by atoms with Gasteiger partial charge in [0.15, 0.2) is 9.84 Å². The Labute approximate surface area is 230 Å². The molecular formula is C28H31F3N4O4S. The van der Waals surface area contributed by atoms with Crippen molar-refractivity contribution in [3.8, 4) is 17.3 Å². The maximum absolute atomic E-state index is 14.1. The molecule has 40 heavy (non-hydrogen) atoms. The molecule has 6 rings (SSSR count). The number of benzene rings is 1. The Balaban J connectivity index is 1.35. The Bertz CT molecular complexity index is 1440. The molecule has 0 bridgehead atoms. The maximum atomic E-state index is 14.1. The van der Waals surface area contributed by atoms with Crippen LogP contribution in [-0.2, 0) is 20.0 Å². The molecule has 3 saturated carbocycles. The minimum Gasteiger partial charge on any atom is -0.444 e. The van der Waals surface area contributed by atoms with Crippen LogP contribution in [0.4, 0.5) is 18.9 Å². The predicted octanol–water partition coefficient (Wildman–Crippen LogP) is 4.62. The third kappa shape index (κ3) is 4.86. The highest BCUT2D eigenvalue weighted by molar-refractivity contribution is 7.91. The average molecular weight is 577 g/mol. The SMILES string of the molecule is N#CC1(NC(=O)[C@@H]2CCCC[C@H]2c2oc(C3(C(F)(F)F)CC3)nc2-c2ccc(N3CCS(=O)(=O)CC3)cc2)CC1. The molecule has 1 amide bonds. The van der Waals surface area contributed by atoms with Gasteiger partial charge in [0.1, 0.15) is 22.4 Å². The van der Waals surface area contributed by atoms with Gasteiger partial charge in [-0.1, -0.05) is 25.0 Å². The first kappa shape index (κ1) is 27.1. The Morgan fingerprint density at radius 3 is 2.30 bits per heavy atom. The first-order valence-corrected chi connectivity index (χ1v) is 15.7. The number of aromatic nitrogens is 1. The predicted molar refractivity (Wildman–Crippen MR) is 140 cm³/mol. The smallest absolute Gasteiger partial charge is 0.403 e. The molecule has 214 valence electrons. The van der Waals surface area contributed by atoms with Gasteiger partial charge < -0.3 is 14.6 Å². The molecular weight excluding hydrogens is 545 g/mol. The number of amides is 1. The minimum atomic E-state index is -4.50. The van der Waals surface area contributed by atoms with E-state index in [1.807, 2.05) is 17.0 Å². The summed E-state index contributed by atoms with van der Waals surface area (Å²) in [5.74, 6) is -1.17. The molecule has 1 N–H and O–H groups in total. The van der Waals surface area contributed by atoms with Crippen LogP contribution in [0.5, 0.6) is 0 Å². The number of sulfone groups is 1. The fourth-order valence-corrected chi connectivity index (χ4v) is 7.22. The first-order chi connectivity index (χ1) is 19.0. The summed E-state index contributed by atoms with van der Waals surface area (Å²) in [5, 5.41) is 12.3. The summed E-state index contributed by atoms with van der Waals surface area (Å²) in [6.07, 6.45) is -0.780. The van der Waals surface area contributed by atoms with Crippen molar-refractivity contribution >= 4 is 21.4 Å². The monoisotopic (exact) mass is 576 g/mol. The van der Waals surface area contributed by atoms with Crippen LogP contribution in [0.15, 0.2) is 28.7 Å². The van der Waals surface area contributed by atoms with E-state index < -0.39 is 38.8 Å². The van der Waals surface area contributed by atoms with Crippen molar-refractivity contribution in [2.75, 3.05) is 29.5 Å². The van der Waals surface area contributed by atoms with E-state index in [9.17, 15) is 31.6 Å². The van der Waals surface area contributed by atoms with Crippen LogP contribution in [0.2, 0.25) is 0 Å². The number of anilines is 1. The molecule has 0 spiro atoms. The molecule has 4 aliphatic rings. The lowest BCUT2D eigenvalue weighted by atomic mass is 9.76. The lowest BCUT2D eigenvalue weighted by Crippen LogP contribution is -2.42. The molecule has 8 nitrogen and oxygen atoms in total. The van der Waals surface area contributed by atoms with Crippen molar-refractivity contribution < 1.29 is 30.8 Å². The second-order valence-electron chi connectivity index (χ2n) is 11.7. The van der Waals surface area contributed by atoms with E-state index in [-0.39, 0.29) is 36.1 Å². The fraction of sp³-hybridized carbons (Fsp3) is 0.607. The van der Waals surface area contributed by atoms with Gasteiger partial charge in [-0.15, -0.1) is 0 Å². The summed E-state index contributed by atoms with van der Waals surface area (Å²) in [6, 6.07) is 9.34. The third-order valence-corrected chi connectivity index (χ3v) is 10.6. The molecule has 3 aliphatic carbocycles. The van der Waals surface area contributed by atoms with E-state index in [4.69, 9.17) is 4.42 Å². The highest BCUT2D eigenvalue weighted by Crippen LogP contribution is 2.59. The molecule has 1 aliphatic heterocycles. The highest BCUT2D eigenvalue weighted by Gasteiger charge is 2.68. The minimum absolute atomic E-state index is 0.0727. The van der Waals surface area contributed by atoms with Crippen molar-refractivity contribution in [1.82, 2.24) is 10.3 Å². The Kier molecular flexibility index (Phi) is 6.44. The number of nitrogens with zero attached hydrogens (tertiary/aromatic N) is 3. The van der Waals surface area contributed by atoms with E-state index in [0.29, 0.717) is 55.8 Å². The Morgan fingerprint density at radius 1 is 1.07 bits per heavy atom. The van der Waals surface area contributed by atoms with Gasteiger partial charge >= 0.3 is 6.18 Å². The van der Waals surface area contributed by atoms with Crippen LogP contribution in [0, 0.1) is 17.2 Å². The standard InChI is InChI=1S/C28H31F3N4O4S/c29-28(30,31)27(11-12-27)25-33-22(18-5-7-19(8-6-18)35-13-15-40(37,38)16-14-35)23(39-25)20-3-1-2-4-21(20)24(36)34-26(17-32)9-10-26/h5-8,20-21H,1-4,9-16H2,(H,34,36)/t20-,21-/m1/s1. The molecule has 12 heteroatoms. The number of carbonyl (C=O) groups excluding carboxylic acids is 1. The summed E-state index contributed by atoms with van der Waals surface area (Å²) < 4.78 is 71.9. The van der Waals surface area contributed by atoms with Gasteiger partial charge in [0.25, 0.3) is 0 Å². The van der Waals surface area contributed by atoms with Crippen LogP contribution >= 0.6 is 0 Å². The Hall–Kier alpha value is -3.07. The van der Waals surface area contributed by atoms with Crippen LogP contribution < -0.4 is 10.2 Å². The lowest BCUT2D eigenvalue weighted by molar-refractivity contribution is -0.165. The van der Waals surface area contributed by atoms with E-state index >= 15 is 0 Å². The van der Waals surface area contributed by atoms with Crippen LogP contribution in [-0.4, -0.2) is 55.6 Å². The molecule has 4 fully saturated rings. The number of carbonyl (C=O) groups is 1. The van der Waals surface area contributed by atoms with Crippen molar-refractivity contribution in [2.24, 2.45) is 5.92 Å². The zero-order valence-corrected chi connectivity index (χ0v) is 22.8. The first-order valence-electron chi connectivity index (χ1n) is 13.8. The number of rotatable bonds is 6. The van der Waals surface area contributed by atoms with Crippen molar-refractivity contribution in [3.05, 3.63) is 35.9 Å². The number of hydrogen-bond donors (Lipinski definition) is 1. The fourth-order valence-electron chi connectivity index (χ4n) is 6.02. The van der Waals surface area contributed by atoms with Gasteiger partial charge in [-0.2, -0.15) is 18.4 Å². The quantitative estimate of drug-likeness (QED) is 0.534. The number of hydrogen-bond acceptors (Lipinski definition) is 7.